The number of hydrogen-bond donors (Lipinski definition) is 0. The van der Waals surface area contributed by atoms with Gasteiger partial charge in [0.1, 0.15) is 5.82 Å². The Morgan fingerprint density at radius 1 is 1.04 bits per heavy atom. The highest BCUT2D eigenvalue weighted by Gasteiger charge is 2.30. The molecule has 1 atom stereocenters. The Kier molecular flexibility index (Phi) is 4.66. The van der Waals surface area contributed by atoms with E-state index in [9.17, 15) is 12.8 Å². The largest absolute Gasteiger partial charge is 0.243 e. The third-order valence-corrected chi connectivity index (χ3v) is 6.40. The molecule has 6 heteroatoms. The predicted molar refractivity (Wildman–Crippen MR) is 92.3 cm³/mol. The normalized spacial score (nSPS) is 19.4. The van der Waals surface area contributed by atoms with E-state index < -0.39 is 10.0 Å². The van der Waals surface area contributed by atoms with Crippen LogP contribution in [0.1, 0.15) is 5.56 Å². The van der Waals surface area contributed by atoms with Crippen molar-refractivity contribution < 1.29 is 12.8 Å². The van der Waals surface area contributed by atoms with Gasteiger partial charge in [-0.3, -0.25) is 0 Å². The molecule has 0 spiro atoms. The van der Waals surface area contributed by atoms with E-state index in [0.29, 0.717) is 18.0 Å². The Hall–Kier alpha value is -1.50. The fourth-order valence-corrected chi connectivity index (χ4v) is 4.97. The molecule has 1 heterocycles. The van der Waals surface area contributed by atoms with Gasteiger partial charge in [0.2, 0.25) is 10.0 Å². The molecule has 0 saturated heterocycles. The van der Waals surface area contributed by atoms with Crippen LogP contribution in [0.4, 0.5) is 4.39 Å². The summed E-state index contributed by atoms with van der Waals surface area (Å²) >= 11 is 3.55. The Labute approximate surface area is 143 Å². The van der Waals surface area contributed by atoms with Gasteiger partial charge in [-0.25, -0.2) is 12.8 Å². The first-order valence-electron chi connectivity index (χ1n) is 7.14. The summed E-state index contributed by atoms with van der Waals surface area (Å²) < 4.78 is 39.8. The summed E-state index contributed by atoms with van der Waals surface area (Å²) in [6, 6.07) is 14.6. The number of hydrogen-bond acceptors (Lipinski definition) is 2. The van der Waals surface area contributed by atoms with Gasteiger partial charge in [0.15, 0.2) is 0 Å². The van der Waals surface area contributed by atoms with E-state index in [4.69, 9.17) is 0 Å². The van der Waals surface area contributed by atoms with Crippen molar-refractivity contribution in [1.29, 1.82) is 0 Å². The Bertz CT molecular complexity index is 819. The van der Waals surface area contributed by atoms with Crippen LogP contribution in [0.2, 0.25) is 0 Å². The van der Waals surface area contributed by atoms with Crippen molar-refractivity contribution in [3.8, 4) is 0 Å². The average molecular weight is 396 g/mol. The van der Waals surface area contributed by atoms with Crippen molar-refractivity contribution in [3.63, 3.8) is 0 Å². The highest BCUT2D eigenvalue weighted by Crippen LogP contribution is 2.30. The topological polar surface area (TPSA) is 37.4 Å². The maximum absolute atomic E-state index is 13.0. The van der Waals surface area contributed by atoms with E-state index in [2.05, 4.69) is 15.9 Å². The molecular formula is C17H15BrFNO2S. The molecule has 23 heavy (non-hydrogen) atoms. The fourth-order valence-electron chi connectivity index (χ4n) is 2.56. The van der Waals surface area contributed by atoms with E-state index in [0.717, 1.165) is 11.1 Å². The number of rotatable bonds is 3. The first-order valence-corrected chi connectivity index (χ1v) is 9.49. The monoisotopic (exact) mass is 395 g/mol. The first-order chi connectivity index (χ1) is 11.0. The summed E-state index contributed by atoms with van der Waals surface area (Å²) in [6.07, 6.45) is 1.87. The molecule has 1 aliphatic heterocycles. The van der Waals surface area contributed by atoms with Gasteiger partial charge in [-0.15, -0.1) is 0 Å². The van der Waals surface area contributed by atoms with Gasteiger partial charge in [-0.05, 0) is 35.4 Å². The van der Waals surface area contributed by atoms with Crippen molar-refractivity contribution in [2.75, 3.05) is 13.1 Å². The average Bonchev–Trinajstić information content (AvgIpc) is 2.56. The molecule has 3 rings (SSSR count). The maximum Gasteiger partial charge on any atom is 0.243 e. The lowest BCUT2D eigenvalue weighted by atomic mass is 10.0. The number of alkyl halides is 1. The summed E-state index contributed by atoms with van der Waals surface area (Å²) in [4.78, 5) is 0.151. The molecule has 0 radical (unpaired) electrons. The number of halogens is 2. The molecule has 0 amide bonds. The van der Waals surface area contributed by atoms with Crippen LogP contribution in [-0.2, 0) is 10.0 Å². The SMILES string of the molecule is O=S(=O)(c1ccccc1)N1CC=C(c2ccc(F)cc2)C(Br)C1. The lowest BCUT2D eigenvalue weighted by Gasteiger charge is -2.29. The molecular weight excluding hydrogens is 381 g/mol. The molecule has 2 aromatic rings. The number of benzene rings is 2. The molecule has 0 aliphatic carbocycles. The Balaban J connectivity index is 1.86. The van der Waals surface area contributed by atoms with E-state index in [1.807, 2.05) is 6.08 Å². The molecule has 2 aromatic carbocycles. The highest BCUT2D eigenvalue weighted by molar-refractivity contribution is 9.09. The molecule has 0 aromatic heterocycles. The van der Waals surface area contributed by atoms with Gasteiger partial charge in [-0.1, -0.05) is 52.3 Å². The molecule has 0 fully saturated rings. The minimum atomic E-state index is -3.51. The zero-order valence-corrected chi connectivity index (χ0v) is 14.6. The van der Waals surface area contributed by atoms with E-state index in [1.165, 1.54) is 16.4 Å². The molecule has 1 aliphatic rings. The summed E-state index contributed by atoms with van der Waals surface area (Å²) in [5, 5.41) is 0. The van der Waals surface area contributed by atoms with Crippen molar-refractivity contribution in [1.82, 2.24) is 4.31 Å². The van der Waals surface area contributed by atoms with Crippen LogP contribution in [-0.4, -0.2) is 30.6 Å². The van der Waals surface area contributed by atoms with Crippen LogP contribution in [0.25, 0.3) is 5.57 Å². The first kappa shape index (κ1) is 16.4. The second-order valence-corrected chi connectivity index (χ2v) is 8.31. The van der Waals surface area contributed by atoms with Crippen LogP contribution in [0.3, 0.4) is 0 Å². The van der Waals surface area contributed by atoms with Crippen LogP contribution in [0.15, 0.2) is 65.6 Å². The van der Waals surface area contributed by atoms with Gasteiger partial charge < -0.3 is 0 Å². The van der Waals surface area contributed by atoms with E-state index in [-0.39, 0.29) is 10.6 Å². The van der Waals surface area contributed by atoms with Crippen molar-refractivity contribution in [2.45, 2.75) is 9.72 Å². The maximum atomic E-state index is 13.0. The Morgan fingerprint density at radius 3 is 2.30 bits per heavy atom. The smallest absolute Gasteiger partial charge is 0.207 e. The minimum absolute atomic E-state index is 0.139. The summed E-state index contributed by atoms with van der Waals surface area (Å²) in [6.45, 7) is 0.631. The van der Waals surface area contributed by atoms with Crippen molar-refractivity contribution >= 4 is 31.5 Å². The molecule has 3 nitrogen and oxygen atoms in total. The lowest BCUT2D eigenvalue weighted by molar-refractivity contribution is 0.446. The zero-order valence-electron chi connectivity index (χ0n) is 12.2. The zero-order chi connectivity index (χ0) is 16.4. The van der Waals surface area contributed by atoms with Crippen molar-refractivity contribution in [2.24, 2.45) is 0 Å². The molecule has 0 bridgehead atoms. The third kappa shape index (κ3) is 3.39. The van der Waals surface area contributed by atoms with Crippen LogP contribution < -0.4 is 0 Å². The second-order valence-electron chi connectivity index (χ2n) is 5.27. The lowest BCUT2D eigenvalue weighted by Crippen LogP contribution is -2.39. The summed E-state index contributed by atoms with van der Waals surface area (Å²) in [7, 11) is -3.51. The van der Waals surface area contributed by atoms with Gasteiger partial charge in [0.05, 0.1) is 9.72 Å². The molecule has 0 saturated carbocycles. The summed E-state index contributed by atoms with van der Waals surface area (Å²) in [5.74, 6) is -0.287. The van der Waals surface area contributed by atoms with Crippen LogP contribution in [0, 0.1) is 5.82 Å². The highest BCUT2D eigenvalue weighted by atomic mass is 79.9. The predicted octanol–water partition coefficient (Wildman–Crippen LogP) is 3.68. The third-order valence-electron chi connectivity index (χ3n) is 3.77. The van der Waals surface area contributed by atoms with Gasteiger partial charge in [0.25, 0.3) is 0 Å². The van der Waals surface area contributed by atoms with E-state index in [1.54, 1.807) is 42.5 Å². The van der Waals surface area contributed by atoms with Gasteiger partial charge >= 0.3 is 0 Å². The molecule has 120 valence electrons. The number of sulfonamides is 1. The fraction of sp³-hybridized carbons (Fsp3) is 0.176. The van der Waals surface area contributed by atoms with E-state index >= 15 is 0 Å². The quantitative estimate of drug-likeness (QED) is 0.743. The van der Waals surface area contributed by atoms with Crippen molar-refractivity contribution in [3.05, 3.63) is 72.1 Å². The second kappa shape index (κ2) is 6.55. The number of nitrogens with zero attached hydrogens (tertiary/aromatic N) is 1. The molecule has 0 N–H and O–H groups in total. The Morgan fingerprint density at radius 2 is 1.70 bits per heavy atom. The minimum Gasteiger partial charge on any atom is -0.207 e. The van der Waals surface area contributed by atoms with Crippen LogP contribution >= 0.6 is 15.9 Å². The van der Waals surface area contributed by atoms with Gasteiger partial charge in [0, 0.05) is 13.1 Å². The standard InChI is InChI=1S/C17H15BrFNO2S/c18-17-12-20(23(21,22)15-4-2-1-3-5-15)11-10-16(17)13-6-8-14(19)9-7-13/h1-10,17H,11-12H2. The summed E-state index contributed by atoms with van der Waals surface area (Å²) in [5.41, 5.74) is 1.87. The van der Waals surface area contributed by atoms with Gasteiger partial charge in [-0.2, -0.15) is 4.31 Å². The van der Waals surface area contributed by atoms with Crippen LogP contribution in [0.5, 0.6) is 0 Å². The molecule has 1 unspecified atom stereocenters.